The highest BCUT2D eigenvalue weighted by molar-refractivity contribution is 5.73. The Morgan fingerprint density at radius 1 is 1.47 bits per heavy atom. The summed E-state index contributed by atoms with van der Waals surface area (Å²) in [4.78, 5) is 13.7. The molecule has 2 aromatic rings. The molecule has 0 aliphatic carbocycles. The Balaban J connectivity index is 2.45. The molecule has 1 heterocycles. The van der Waals surface area contributed by atoms with E-state index in [0.717, 1.165) is 5.56 Å². The Hall–Kier alpha value is -1.59. The molecule has 0 spiro atoms. The molecule has 2 rings (SSSR count). The van der Waals surface area contributed by atoms with E-state index in [1.165, 1.54) is 0 Å². The quantitative estimate of drug-likeness (QED) is 0.744. The van der Waals surface area contributed by atoms with Crippen LogP contribution in [0.25, 0.3) is 11.1 Å². The third kappa shape index (κ3) is 2.11. The molecule has 92 valence electrons. The van der Waals surface area contributed by atoms with Gasteiger partial charge >= 0.3 is 5.76 Å². The summed E-state index contributed by atoms with van der Waals surface area (Å²) in [6, 6.07) is 5.32. The van der Waals surface area contributed by atoms with E-state index in [9.17, 15) is 4.79 Å². The van der Waals surface area contributed by atoms with Crippen molar-refractivity contribution < 1.29 is 4.42 Å². The zero-order valence-electron chi connectivity index (χ0n) is 10.2. The van der Waals surface area contributed by atoms with E-state index in [-0.39, 0.29) is 11.6 Å². The molecule has 0 radical (unpaired) electrons. The molecule has 1 aromatic carbocycles. The molecule has 0 aliphatic rings. The molecule has 0 amide bonds. The molecule has 0 fully saturated rings. The first kappa shape index (κ1) is 11.9. The van der Waals surface area contributed by atoms with Crippen molar-refractivity contribution in [2.24, 2.45) is 5.73 Å². The summed E-state index contributed by atoms with van der Waals surface area (Å²) in [6.45, 7) is 4.06. The molecule has 0 saturated carbocycles. The number of fused-ring (bicyclic) bond motifs is 1. The van der Waals surface area contributed by atoms with E-state index in [1.54, 1.807) is 6.07 Å². The number of rotatable bonds is 3. The van der Waals surface area contributed by atoms with Crippen LogP contribution in [0.3, 0.4) is 0 Å². The first-order chi connectivity index (χ1) is 7.94. The van der Waals surface area contributed by atoms with Gasteiger partial charge in [0.25, 0.3) is 0 Å². The SMILES string of the molecule is CNC(C)(C)C(N)c1ccc2oc(=O)[nH]c2c1. The number of hydrogen-bond donors (Lipinski definition) is 3. The molecular formula is C12H17N3O2. The number of nitrogens with one attached hydrogen (secondary N) is 2. The lowest BCUT2D eigenvalue weighted by atomic mass is 9.89. The second-order valence-corrected chi connectivity index (χ2v) is 4.72. The fourth-order valence-corrected chi connectivity index (χ4v) is 1.74. The molecule has 0 bridgehead atoms. The maximum absolute atomic E-state index is 11.1. The van der Waals surface area contributed by atoms with E-state index >= 15 is 0 Å². The number of aromatic amines is 1. The zero-order chi connectivity index (χ0) is 12.6. The second-order valence-electron chi connectivity index (χ2n) is 4.72. The van der Waals surface area contributed by atoms with Gasteiger partial charge in [-0.05, 0) is 38.6 Å². The normalized spacial score (nSPS) is 14.1. The number of likely N-dealkylation sites (N-methyl/N-ethyl adjacent to an activating group) is 1. The van der Waals surface area contributed by atoms with E-state index in [1.807, 2.05) is 33.0 Å². The average Bonchev–Trinajstić information content (AvgIpc) is 2.66. The minimum absolute atomic E-state index is 0.171. The summed E-state index contributed by atoms with van der Waals surface area (Å²) < 4.78 is 4.95. The Bertz CT molecular complexity index is 583. The lowest BCUT2D eigenvalue weighted by Crippen LogP contribution is -2.46. The molecule has 5 heteroatoms. The van der Waals surface area contributed by atoms with Crippen molar-refractivity contribution in [3.63, 3.8) is 0 Å². The van der Waals surface area contributed by atoms with Gasteiger partial charge in [0.2, 0.25) is 0 Å². The highest BCUT2D eigenvalue weighted by Crippen LogP contribution is 2.24. The van der Waals surface area contributed by atoms with Crippen LogP contribution in [0.2, 0.25) is 0 Å². The van der Waals surface area contributed by atoms with Gasteiger partial charge in [-0.2, -0.15) is 0 Å². The number of nitrogens with two attached hydrogens (primary N) is 1. The standard InChI is InChI=1S/C12H17N3O2/c1-12(2,14-3)10(13)7-4-5-9-8(6-7)15-11(16)17-9/h4-6,10,14H,13H2,1-3H3,(H,15,16). The highest BCUT2D eigenvalue weighted by Gasteiger charge is 2.25. The van der Waals surface area contributed by atoms with Crippen molar-refractivity contribution in [3.8, 4) is 0 Å². The van der Waals surface area contributed by atoms with Gasteiger partial charge < -0.3 is 15.5 Å². The Morgan fingerprint density at radius 2 is 2.18 bits per heavy atom. The number of benzene rings is 1. The molecule has 17 heavy (non-hydrogen) atoms. The largest absolute Gasteiger partial charge is 0.417 e. The summed E-state index contributed by atoms with van der Waals surface area (Å²) >= 11 is 0. The molecule has 1 aromatic heterocycles. The molecular weight excluding hydrogens is 218 g/mol. The van der Waals surface area contributed by atoms with Crippen molar-refractivity contribution in [3.05, 3.63) is 34.3 Å². The summed E-state index contributed by atoms with van der Waals surface area (Å²) in [6.07, 6.45) is 0. The Kier molecular flexibility index (Phi) is 2.81. The minimum atomic E-state index is -0.446. The van der Waals surface area contributed by atoms with E-state index in [2.05, 4.69) is 10.3 Å². The van der Waals surface area contributed by atoms with Crippen LogP contribution in [0, 0.1) is 0 Å². The monoisotopic (exact) mass is 235 g/mol. The van der Waals surface area contributed by atoms with Crippen LogP contribution < -0.4 is 16.8 Å². The van der Waals surface area contributed by atoms with Crippen LogP contribution in [0.4, 0.5) is 0 Å². The predicted molar refractivity (Wildman–Crippen MR) is 66.9 cm³/mol. The van der Waals surface area contributed by atoms with Crippen LogP contribution in [0.5, 0.6) is 0 Å². The fourth-order valence-electron chi connectivity index (χ4n) is 1.74. The van der Waals surface area contributed by atoms with Crippen LogP contribution in [-0.2, 0) is 0 Å². The Morgan fingerprint density at radius 3 is 2.82 bits per heavy atom. The van der Waals surface area contributed by atoms with Crippen LogP contribution >= 0.6 is 0 Å². The van der Waals surface area contributed by atoms with E-state index < -0.39 is 5.76 Å². The molecule has 4 N–H and O–H groups in total. The van der Waals surface area contributed by atoms with Gasteiger partial charge in [-0.25, -0.2) is 4.79 Å². The Labute approximate surface area is 99.0 Å². The highest BCUT2D eigenvalue weighted by atomic mass is 16.4. The van der Waals surface area contributed by atoms with Gasteiger partial charge in [0, 0.05) is 11.6 Å². The molecule has 5 nitrogen and oxygen atoms in total. The number of H-pyrrole nitrogens is 1. The van der Waals surface area contributed by atoms with Crippen LogP contribution in [0.1, 0.15) is 25.5 Å². The van der Waals surface area contributed by atoms with Gasteiger partial charge in [0.1, 0.15) is 0 Å². The lowest BCUT2D eigenvalue weighted by molar-refractivity contribution is 0.349. The van der Waals surface area contributed by atoms with Gasteiger partial charge in [-0.15, -0.1) is 0 Å². The van der Waals surface area contributed by atoms with E-state index in [4.69, 9.17) is 10.2 Å². The minimum Gasteiger partial charge on any atom is -0.408 e. The zero-order valence-corrected chi connectivity index (χ0v) is 10.2. The van der Waals surface area contributed by atoms with Gasteiger partial charge in [-0.1, -0.05) is 6.07 Å². The maximum atomic E-state index is 11.1. The third-order valence-corrected chi connectivity index (χ3v) is 3.22. The maximum Gasteiger partial charge on any atom is 0.417 e. The van der Waals surface area contributed by atoms with Crippen molar-refractivity contribution >= 4 is 11.1 Å². The molecule has 0 aliphatic heterocycles. The van der Waals surface area contributed by atoms with Crippen molar-refractivity contribution in [1.82, 2.24) is 10.3 Å². The lowest BCUT2D eigenvalue weighted by Gasteiger charge is -2.31. The number of aromatic nitrogens is 1. The van der Waals surface area contributed by atoms with E-state index in [0.29, 0.717) is 11.1 Å². The fraction of sp³-hybridized carbons (Fsp3) is 0.417. The first-order valence-electron chi connectivity index (χ1n) is 5.51. The number of oxazole rings is 1. The van der Waals surface area contributed by atoms with Gasteiger partial charge in [0.15, 0.2) is 5.58 Å². The summed E-state index contributed by atoms with van der Waals surface area (Å²) in [7, 11) is 1.87. The van der Waals surface area contributed by atoms with Crippen LogP contribution in [0.15, 0.2) is 27.4 Å². The predicted octanol–water partition coefficient (Wildman–Crippen LogP) is 1.12. The summed E-state index contributed by atoms with van der Waals surface area (Å²) in [5.41, 5.74) is 8.15. The van der Waals surface area contributed by atoms with Crippen molar-refractivity contribution in [2.45, 2.75) is 25.4 Å². The summed E-state index contributed by atoms with van der Waals surface area (Å²) in [5, 5.41) is 3.17. The summed E-state index contributed by atoms with van der Waals surface area (Å²) in [5.74, 6) is -0.446. The first-order valence-corrected chi connectivity index (χ1v) is 5.51. The van der Waals surface area contributed by atoms with Crippen LogP contribution in [-0.4, -0.2) is 17.6 Å². The smallest absolute Gasteiger partial charge is 0.408 e. The van der Waals surface area contributed by atoms with Crippen molar-refractivity contribution in [1.29, 1.82) is 0 Å². The topological polar surface area (TPSA) is 84.0 Å². The third-order valence-electron chi connectivity index (χ3n) is 3.22. The molecule has 1 atom stereocenters. The molecule has 0 saturated heterocycles. The average molecular weight is 235 g/mol. The molecule has 1 unspecified atom stereocenters. The van der Waals surface area contributed by atoms with Crippen molar-refractivity contribution in [2.75, 3.05) is 7.05 Å². The second kappa shape index (κ2) is 4.01. The van der Waals surface area contributed by atoms with Gasteiger partial charge in [-0.3, -0.25) is 4.98 Å². The number of hydrogen-bond acceptors (Lipinski definition) is 4. The van der Waals surface area contributed by atoms with Gasteiger partial charge in [0.05, 0.1) is 5.52 Å².